The van der Waals surface area contributed by atoms with Gasteiger partial charge in [-0.25, -0.2) is 0 Å². The van der Waals surface area contributed by atoms with Crippen molar-refractivity contribution in [3.05, 3.63) is 101 Å². The molecule has 0 radical (unpaired) electrons. The molecule has 3 aromatic carbocycles. The molecule has 0 saturated heterocycles. The van der Waals surface area contributed by atoms with E-state index in [0.29, 0.717) is 0 Å². The first-order valence-electron chi connectivity index (χ1n) is 9.94. The van der Waals surface area contributed by atoms with Gasteiger partial charge in [0.05, 0.1) is 12.8 Å². The molecule has 3 aromatic rings. The Morgan fingerprint density at radius 1 is 0.714 bits per heavy atom. The third-order valence-corrected chi connectivity index (χ3v) is 5.08. The molecule has 2 nitrogen and oxygen atoms in total. The van der Waals surface area contributed by atoms with Crippen LogP contribution in [0.25, 0.3) is 11.3 Å². The summed E-state index contributed by atoms with van der Waals surface area (Å²) in [7, 11) is 1.71. The van der Waals surface area contributed by atoms with Crippen LogP contribution in [0.1, 0.15) is 36.1 Å². The summed E-state index contributed by atoms with van der Waals surface area (Å²) in [5.74, 6) is 0.874. The predicted molar refractivity (Wildman–Crippen MR) is 119 cm³/mol. The molecule has 0 aliphatic carbocycles. The summed E-state index contributed by atoms with van der Waals surface area (Å²) < 4.78 is 5.38. The second-order valence-electron chi connectivity index (χ2n) is 6.86. The lowest BCUT2D eigenvalue weighted by atomic mass is 9.92. The summed E-state index contributed by atoms with van der Waals surface area (Å²) >= 11 is 0. The molecule has 0 aliphatic rings. The molecule has 3 rings (SSSR count). The molecule has 0 bridgehead atoms. The van der Waals surface area contributed by atoms with E-state index < -0.39 is 0 Å². The first-order valence-corrected chi connectivity index (χ1v) is 9.94. The van der Waals surface area contributed by atoms with E-state index >= 15 is 0 Å². The van der Waals surface area contributed by atoms with E-state index in [1.165, 1.54) is 33.5 Å². The highest BCUT2D eigenvalue weighted by Crippen LogP contribution is 2.35. The van der Waals surface area contributed by atoms with Crippen molar-refractivity contribution < 1.29 is 4.74 Å². The maximum atomic E-state index is 5.38. The van der Waals surface area contributed by atoms with Gasteiger partial charge in [-0.3, -0.25) is 0 Å². The van der Waals surface area contributed by atoms with Crippen LogP contribution >= 0.6 is 0 Å². The zero-order valence-corrected chi connectivity index (χ0v) is 17.3. The molecule has 0 heterocycles. The number of aryl methyl sites for hydroxylation is 1. The number of hydrogen-bond acceptors (Lipinski definition) is 2. The van der Waals surface area contributed by atoms with E-state index in [1.54, 1.807) is 7.11 Å². The number of ether oxygens (including phenoxy) is 1. The van der Waals surface area contributed by atoms with Gasteiger partial charge >= 0.3 is 0 Å². The summed E-state index contributed by atoms with van der Waals surface area (Å²) in [6.45, 7) is 8.44. The normalized spacial score (nSPS) is 11.7. The van der Waals surface area contributed by atoms with Crippen molar-refractivity contribution in [2.75, 3.05) is 20.2 Å². The molecule has 0 unspecified atom stereocenters. The highest BCUT2D eigenvalue weighted by molar-refractivity contribution is 5.98. The average Bonchev–Trinajstić information content (AvgIpc) is 2.76. The van der Waals surface area contributed by atoms with Gasteiger partial charge in [0, 0.05) is 18.7 Å². The van der Waals surface area contributed by atoms with Gasteiger partial charge in [-0.1, -0.05) is 60.2 Å². The Balaban J connectivity index is 2.32. The lowest BCUT2D eigenvalue weighted by Crippen LogP contribution is -2.23. The molecule has 28 heavy (non-hydrogen) atoms. The van der Waals surface area contributed by atoms with E-state index in [-0.39, 0.29) is 0 Å². The van der Waals surface area contributed by atoms with Crippen molar-refractivity contribution in [2.24, 2.45) is 0 Å². The fraction of sp³-hybridized carbons (Fsp3) is 0.231. The Hall–Kier alpha value is -3.00. The lowest BCUT2D eigenvalue weighted by molar-refractivity contribution is 0.414. The Morgan fingerprint density at radius 3 is 1.79 bits per heavy atom. The van der Waals surface area contributed by atoms with E-state index in [0.717, 1.165) is 18.8 Å². The molecule has 0 saturated carbocycles. The smallest absolute Gasteiger partial charge is 0.118 e. The Morgan fingerprint density at radius 2 is 1.25 bits per heavy atom. The molecule has 0 aromatic heterocycles. The molecule has 0 N–H and O–H groups in total. The van der Waals surface area contributed by atoms with Gasteiger partial charge in [0.1, 0.15) is 5.75 Å². The first-order chi connectivity index (χ1) is 13.7. The van der Waals surface area contributed by atoms with Gasteiger partial charge in [0.2, 0.25) is 0 Å². The third kappa shape index (κ3) is 4.28. The minimum absolute atomic E-state index is 0.874. The van der Waals surface area contributed by atoms with Crippen LogP contribution in [-0.4, -0.2) is 25.1 Å². The number of hydrogen-bond donors (Lipinski definition) is 0. The van der Waals surface area contributed by atoms with Gasteiger partial charge in [-0.15, -0.1) is 0 Å². The molecule has 144 valence electrons. The summed E-state index contributed by atoms with van der Waals surface area (Å²) in [6.07, 6.45) is 0. The maximum absolute atomic E-state index is 5.38. The Bertz CT molecular complexity index is 905. The van der Waals surface area contributed by atoms with Crippen molar-refractivity contribution in [1.29, 1.82) is 0 Å². The van der Waals surface area contributed by atoms with Crippen molar-refractivity contribution in [1.82, 2.24) is 4.90 Å². The largest absolute Gasteiger partial charge is 0.497 e. The van der Waals surface area contributed by atoms with Crippen molar-refractivity contribution in [3.63, 3.8) is 0 Å². The Kier molecular flexibility index (Phi) is 6.54. The zero-order valence-electron chi connectivity index (χ0n) is 17.3. The van der Waals surface area contributed by atoms with Gasteiger partial charge in [0.25, 0.3) is 0 Å². The number of nitrogens with zero attached hydrogens (tertiary/aromatic N) is 1. The maximum Gasteiger partial charge on any atom is 0.118 e. The molecular weight excluding hydrogens is 342 g/mol. The van der Waals surface area contributed by atoms with Crippen LogP contribution in [0, 0.1) is 6.92 Å². The summed E-state index contributed by atoms with van der Waals surface area (Å²) in [5, 5.41) is 0. The SMILES string of the molecule is CCN(CC)/C(=C(\c1ccccc1)c1ccc(C)cc1)c1ccc(OC)cc1. The predicted octanol–water partition coefficient (Wildman–Crippen LogP) is 6.26. The van der Waals surface area contributed by atoms with Crippen LogP contribution in [0.2, 0.25) is 0 Å². The third-order valence-electron chi connectivity index (χ3n) is 5.08. The van der Waals surface area contributed by atoms with Crippen molar-refractivity contribution in [2.45, 2.75) is 20.8 Å². The standard InChI is InChI=1S/C26H29NO/c1-5-27(6-2)26(23-16-18-24(28-4)19-17-23)25(21-10-8-7-9-11-21)22-14-12-20(3)13-15-22/h7-19H,5-6H2,1-4H3/b26-25+. The van der Waals surface area contributed by atoms with Gasteiger partial charge in [0.15, 0.2) is 0 Å². The van der Waals surface area contributed by atoms with Crippen LogP contribution in [0.15, 0.2) is 78.9 Å². The second-order valence-corrected chi connectivity index (χ2v) is 6.86. The van der Waals surface area contributed by atoms with Crippen LogP contribution in [0.3, 0.4) is 0 Å². The van der Waals surface area contributed by atoms with Crippen molar-refractivity contribution in [3.8, 4) is 5.75 Å². The minimum atomic E-state index is 0.874. The fourth-order valence-corrected chi connectivity index (χ4v) is 3.54. The lowest BCUT2D eigenvalue weighted by Gasteiger charge is -2.29. The fourth-order valence-electron chi connectivity index (χ4n) is 3.54. The van der Waals surface area contributed by atoms with Crippen LogP contribution in [0.5, 0.6) is 5.75 Å². The number of methoxy groups -OCH3 is 1. The molecule has 0 atom stereocenters. The van der Waals surface area contributed by atoms with E-state index in [9.17, 15) is 0 Å². The zero-order chi connectivity index (χ0) is 19.9. The summed E-state index contributed by atoms with van der Waals surface area (Å²) in [5.41, 5.74) is 7.43. The Labute approximate surface area is 169 Å². The van der Waals surface area contributed by atoms with Crippen molar-refractivity contribution >= 4 is 11.3 Å². The number of rotatable bonds is 7. The van der Waals surface area contributed by atoms with E-state index in [4.69, 9.17) is 4.74 Å². The average molecular weight is 372 g/mol. The monoisotopic (exact) mass is 371 g/mol. The van der Waals surface area contributed by atoms with E-state index in [2.05, 4.69) is 92.4 Å². The van der Waals surface area contributed by atoms with Crippen LogP contribution < -0.4 is 4.74 Å². The first kappa shape index (κ1) is 19.8. The molecule has 0 fully saturated rings. The quantitative estimate of drug-likeness (QED) is 0.454. The molecule has 2 heteroatoms. The molecule has 0 amide bonds. The molecule has 0 aliphatic heterocycles. The van der Waals surface area contributed by atoms with Gasteiger partial charge < -0.3 is 9.64 Å². The van der Waals surface area contributed by atoms with Crippen LogP contribution in [0.4, 0.5) is 0 Å². The number of benzene rings is 3. The van der Waals surface area contributed by atoms with Gasteiger partial charge in [-0.05, 0) is 61.7 Å². The topological polar surface area (TPSA) is 12.5 Å². The minimum Gasteiger partial charge on any atom is -0.497 e. The highest BCUT2D eigenvalue weighted by Gasteiger charge is 2.18. The summed E-state index contributed by atoms with van der Waals surface area (Å²) in [6, 6.07) is 27.9. The highest BCUT2D eigenvalue weighted by atomic mass is 16.5. The second kappa shape index (κ2) is 9.27. The molecule has 0 spiro atoms. The van der Waals surface area contributed by atoms with Gasteiger partial charge in [-0.2, -0.15) is 0 Å². The van der Waals surface area contributed by atoms with Crippen LogP contribution in [-0.2, 0) is 0 Å². The molecular formula is C26H29NO. The summed E-state index contributed by atoms with van der Waals surface area (Å²) in [4.78, 5) is 2.43. The van der Waals surface area contributed by atoms with E-state index in [1.807, 2.05) is 12.1 Å².